The molecule has 2 aromatic rings. The highest BCUT2D eigenvalue weighted by Gasteiger charge is 2.31. The molecule has 7 nitrogen and oxygen atoms in total. The zero-order valence-corrected chi connectivity index (χ0v) is 15.4. The number of carbonyl (C=O) groups is 1. The molecule has 2 aromatic heterocycles. The molecule has 1 aliphatic rings. The molecule has 3 rings (SSSR count). The van der Waals surface area contributed by atoms with Crippen LogP contribution in [0.15, 0.2) is 10.6 Å². The molecule has 7 heteroatoms. The second kappa shape index (κ2) is 7.80. The van der Waals surface area contributed by atoms with Gasteiger partial charge >= 0.3 is 0 Å². The summed E-state index contributed by atoms with van der Waals surface area (Å²) in [5.74, 6) is 1.45. The van der Waals surface area contributed by atoms with E-state index in [1.165, 1.54) is 0 Å². The van der Waals surface area contributed by atoms with Gasteiger partial charge in [-0.25, -0.2) is 0 Å². The lowest BCUT2D eigenvalue weighted by Crippen LogP contribution is -2.39. The topological polar surface area (TPSA) is 77.0 Å². The summed E-state index contributed by atoms with van der Waals surface area (Å²) < 4.78 is 7.35. The van der Waals surface area contributed by atoms with Crippen LogP contribution in [0.3, 0.4) is 0 Å². The fourth-order valence-electron chi connectivity index (χ4n) is 3.46. The highest BCUT2D eigenvalue weighted by atomic mass is 16.5. The highest BCUT2D eigenvalue weighted by molar-refractivity contribution is 5.76. The Hall–Kier alpha value is -2.18. The molecule has 25 heavy (non-hydrogen) atoms. The number of rotatable bonds is 6. The Kier molecular flexibility index (Phi) is 5.50. The summed E-state index contributed by atoms with van der Waals surface area (Å²) in [5.41, 5.74) is 2.07. The monoisotopic (exact) mass is 345 g/mol. The van der Waals surface area contributed by atoms with Crippen molar-refractivity contribution in [2.75, 3.05) is 6.54 Å². The summed E-state index contributed by atoms with van der Waals surface area (Å²) >= 11 is 0. The van der Waals surface area contributed by atoms with Crippen LogP contribution in [0.4, 0.5) is 0 Å². The largest absolute Gasteiger partial charge is 0.337 e. The molecule has 1 saturated heterocycles. The van der Waals surface area contributed by atoms with Gasteiger partial charge in [-0.15, -0.1) is 0 Å². The molecule has 0 bridgehead atoms. The lowest BCUT2D eigenvalue weighted by molar-refractivity contribution is -0.136. The summed E-state index contributed by atoms with van der Waals surface area (Å²) in [7, 11) is 0. The minimum Gasteiger partial charge on any atom is -0.337 e. The minimum absolute atomic E-state index is 0.0835. The van der Waals surface area contributed by atoms with Crippen LogP contribution in [-0.4, -0.2) is 37.3 Å². The third-order valence-corrected chi connectivity index (χ3v) is 4.71. The van der Waals surface area contributed by atoms with Crippen LogP contribution in [0, 0.1) is 13.8 Å². The Morgan fingerprint density at radius 3 is 2.92 bits per heavy atom. The molecule has 1 fully saturated rings. The maximum atomic E-state index is 12.8. The first-order valence-electron chi connectivity index (χ1n) is 9.21. The number of hydrogen-bond acceptors (Lipinski definition) is 5. The van der Waals surface area contributed by atoms with Crippen LogP contribution in [0.2, 0.25) is 0 Å². The van der Waals surface area contributed by atoms with Crippen LogP contribution in [0.25, 0.3) is 0 Å². The first-order chi connectivity index (χ1) is 12.1. The zero-order chi connectivity index (χ0) is 17.8. The fourth-order valence-corrected chi connectivity index (χ4v) is 3.46. The molecule has 0 N–H and O–H groups in total. The van der Waals surface area contributed by atoms with Crippen molar-refractivity contribution < 1.29 is 9.32 Å². The Labute approximate surface area is 148 Å². The van der Waals surface area contributed by atoms with Gasteiger partial charge in [0.15, 0.2) is 5.82 Å². The van der Waals surface area contributed by atoms with Gasteiger partial charge in [0.05, 0.1) is 5.69 Å². The van der Waals surface area contributed by atoms with Crippen LogP contribution in [0.1, 0.15) is 68.2 Å². The quantitative estimate of drug-likeness (QED) is 0.804. The minimum atomic E-state index is -0.0835. The molecular formula is C18H27N5O2. The van der Waals surface area contributed by atoms with Crippen molar-refractivity contribution in [2.24, 2.45) is 0 Å². The molecule has 1 aliphatic heterocycles. The summed E-state index contributed by atoms with van der Waals surface area (Å²) in [4.78, 5) is 19.2. The molecule has 1 atom stereocenters. The third-order valence-electron chi connectivity index (χ3n) is 4.71. The zero-order valence-electron chi connectivity index (χ0n) is 15.4. The molecule has 0 unspecified atom stereocenters. The maximum absolute atomic E-state index is 12.8. The Balaban J connectivity index is 1.67. The van der Waals surface area contributed by atoms with Gasteiger partial charge in [-0.1, -0.05) is 12.1 Å². The number of aromatic nitrogens is 4. The standard InChI is InChI=1S/C18H27N5O2/c1-4-7-16-19-18(25-21-16)15-8-5-6-10-22(15)17(24)9-11-23-14(3)12-13(2)20-23/h12,15H,4-11H2,1-3H3/t15-/m1/s1. The van der Waals surface area contributed by atoms with E-state index in [0.717, 1.165) is 55.9 Å². The van der Waals surface area contributed by atoms with E-state index in [-0.39, 0.29) is 11.9 Å². The number of amides is 1. The second-order valence-corrected chi connectivity index (χ2v) is 6.80. The summed E-state index contributed by atoms with van der Waals surface area (Å²) in [5, 5.41) is 8.48. The van der Waals surface area contributed by atoms with E-state index in [1.807, 2.05) is 29.5 Å². The Morgan fingerprint density at radius 2 is 2.20 bits per heavy atom. The molecule has 1 amide bonds. The molecule has 0 radical (unpaired) electrons. The van der Waals surface area contributed by atoms with Gasteiger partial charge in [0, 0.05) is 31.6 Å². The Bertz CT molecular complexity index is 721. The number of carbonyl (C=O) groups excluding carboxylic acids is 1. The van der Waals surface area contributed by atoms with Gasteiger partial charge < -0.3 is 9.42 Å². The van der Waals surface area contributed by atoms with Crippen molar-refractivity contribution in [3.8, 4) is 0 Å². The molecule has 0 aliphatic carbocycles. The number of aryl methyl sites for hydroxylation is 4. The summed E-state index contributed by atoms with van der Waals surface area (Å²) in [6.45, 7) is 7.43. The number of hydrogen-bond donors (Lipinski definition) is 0. The van der Waals surface area contributed by atoms with Crippen molar-refractivity contribution >= 4 is 5.91 Å². The third kappa shape index (κ3) is 4.08. The normalized spacial score (nSPS) is 17.9. The van der Waals surface area contributed by atoms with Crippen LogP contribution >= 0.6 is 0 Å². The maximum Gasteiger partial charge on any atom is 0.249 e. The van der Waals surface area contributed by atoms with E-state index in [1.54, 1.807) is 0 Å². The van der Waals surface area contributed by atoms with Gasteiger partial charge in [-0.05, 0) is 45.6 Å². The average molecular weight is 345 g/mol. The van der Waals surface area contributed by atoms with Gasteiger partial charge in [-0.2, -0.15) is 10.1 Å². The first kappa shape index (κ1) is 17.6. The van der Waals surface area contributed by atoms with Crippen molar-refractivity contribution in [1.82, 2.24) is 24.8 Å². The van der Waals surface area contributed by atoms with Crippen LogP contribution in [0.5, 0.6) is 0 Å². The number of piperidine rings is 1. The molecule has 0 spiro atoms. The summed E-state index contributed by atoms with van der Waals surface area (Å²) in [6.07, 6.45) is 5.22. The predicted molar refractivity (Wildman–Crippen MR) is 92.9 cm³/mol. The fraction of sp³-hybridized carbons (Fsp3) is 0.667. The van der Waals surface area contributed by atoms with Crippen LogP contribution in [-0.2, 0) is 17.8 Å². The highest BCUT2D eigenvalue weighted by Crippen LogP contribution is 2.30. The smallest absolute Gasteiger partial charge is 0.249 e. The van der Waals surface area contributed by atoms with E-state index < -0.39 is 0 Å². The van der Waals surface area contributed by atoms with E-state index >= 15 is 0 Å². The molecular weight excluding hydrogens is 318 g/mol. The van der Waals surface area contributed by atoms with Crippen molar-refractivity contribution in [2.45, 2.75) is 71.9 Å². The summed E-state index contributed by atoms with van der Waals surface area (Å²) in [6, 6.07) is 1.95. The van der Waals surface area contributed by atoms with Crippen LogP contribution < -0.4 is 0 Å². The number of likely N-dealkylation sites (tertiary alicyclic amines) is 1. The van der Waals surface area contributed by atoms with E-state index in [4.69, 9.17) is 4.52 Å². The van der Waals surface area contributed by atoms with Crippen molar-refractivity contribution in [3.63, 3.8) is 0 Å². The number of nitrogens with zero attached hydrogens (tertiary/aromatic N) is 5. The second-order valence-electron chi connectivity index (χ2n) is 6.80. The SMILES string of the molecule is CCCc1noc([C@H]2CCCCN2C(=O)CCn2nc(C)cc2C)n1. The average Bonchev–Trinajstić information content (AvgIpc) is 3.19. The molecule has 3 heterocycles. The molecule has 136 valence electrons. The lowest BCUT2D eigenvalue weighted by Gasteiger charge is -2.33. The lowest BCUT2D eigenvalue weighted by atomic mass is 10.0. The van der Waals surface area contributed by atoms with Gasteiger partial charge in [0.25, 0.3) is 0 Å². The molecule has 0 aromatic carbocycles. The van der Waals surface area contributed by atoms with Gasteiger partial charge in [0.2, 0.25) is 11.8 Å². The van der Waals surface area contributed by atoms with E-state index in [9.17, 15) is 4.79 Å². The predicted octanol–water partition coefficient (Wildman–Crippen LogP) is 2.98. The Morgan fingerprint density at radius 1 is 1.36 bits per heavy atom. The van der Waals surface area contributed by atoms with Crippen molar-refractivity contribution in [3.05, 3.63) is 29.2 Å². The van der Waals surface area contributed by atoms with E-state index in [2.05, 4.69) is 22.2 Å². The first-order valence-corrected chi connectivity index (χ1v) is 9.21. The van der Waals surface area contributed by atoms with Gasteiger partial charge in [0.1, 0.15) is 6.04 Å². The molecule has 0 saturated carbocycles. The van der Waals surface area contributed by atoms with Crippen molar-refractivity contribution in [1.29, 1.82) is 0 Å². The van der Waals surface area contributed by atoms with Gasteiger partial charge in [-0.3, -0.25) is 9.48 Å². The van der Waals surface area contributed by atoms with E-state index in [0.29, 0.717) is 18.9 Å².